The van der Waals surface area contributed by atoms with Crippen LogP contribution >= 0.6 is 11.8 Å². The van der Waals surface area contributed by atoms with Crippen LogP contribution in [-0.2, 0) is 0 Å². The first-order valence-corrected chi connectivity index (χ1v) is 6.63. The van der Waals surface area contributed by atoms with Crippen LogP contribution in [0.3, 0.4) is 0 Å². The van der Waals surface area contributed by atoms with Crippen LogP contribution in [0.5, 0.6) is 0 Å². The smallest absolute Gasteiger partial charge is 0.352 e. The number of hydrogen-bond acceptors (Lipinski definition) is 2. The highest BCUT2D eigenvalue weighted by molar-refractivity contribution is 7.99. The molecule has 1 heterocycles. The Labute approximate surface area is 114 Å². The van der Waals surface area contributed by atoms with Gasteiger partial charge in [-0.2, -0.15) is 0 Å². The van der Waals surface area contributed by atoms with Crippen molar-refractivity contribution in [3.63, 3.8) is 0 Å². The molecule has 0 atom stereocenters. The lowest BCUT2D eigenvalue weighted by Crippen LogP contribution is -1.94. The van der Waals surface area contributed by atoms with E-state index in [9.17, 15) is 4.79 Å². The lowest BCUT2D eigenvalue weighted by Gasteiger charge is -2.02. The Morgan fingerprint density at radius 3 is 2.58 bits per heavy atom. The Morgan fingerprint density at radius 2 is 1.84 bits per heavy atom. The molecule has 4 heteroatoms. The van der Waals surface area contributed by atoms with Gasteiger partial charge in [-0.05, 0) is 30.3 Å². The summed E-state index contributed by atoms with van der Waals surface area (Å²) in [7, 11) is 0. The van der Waals surface area contributed by atoms with E-state index in [0.29, 0.717) is 0 Å². The average molecular weight is 269 g/mol. The Bertz CT molecular complexity index is 734. The highest BCUT2D eigenvalue weighted by Crippen LogP contribution is 2.33. The molecule has 0 radical (unpaired) electrons. The third-order valence-electron chi connectivity index (χ3n) is 2.83. The molecule has 2 N–H and O–H groups in total. The summed E-state index contributed by atoms with van der Waals surface area (Å²) >= 11 is 1.63. The molecule has 0 fully saturated rings. The molecule has 3 nitrogen and oxygen atoms in total. The van der Waals surface area contributed by atoms with Gasteiger partial charge in [0.05, 0.1) is 0 Å². The van der Waals surface area contributed by atoms with Crippen molar-refractivity contribution < 1.29 is 9.90 Å². The number of aromatic amines is 1. The maximum Gasteiger partial charge on any atom is 0.352 e. The highest BCUT2D eigenvalue weighted by Gasteiger charge is 2.10. The molecule has 3 rings (SSSR count). The molecule has 94 valence electrons. The number of H-pyrrole nitrogens is 1. The van der Waals surface area contributed by atoms with Crippen molar-refractivity contribution in [2.24, 2.45) is 0 Å². The van der Waals surface area contributed by atoms with Crippen molar-refractivity contribution in [3.8, 4) is 0 Å². The molecule has 1 aromatic heterocycles. The van der Waals surface area contributed by atoms with E-state index in [1.165, 1.54) is 0 Å². The van der Waals surface area contributed by atoms with Gasteiger partial charge in [0.2, 0.25) is 0 Å². The molecule has 0 spiro atoms. The Kier molecular flexibility index (Phi) is 3.01. The number of benzene rings is 2. The lowest BCUT2D eigenvalue weighted by molar-refractivity contribution is 0.0691. The zero-order valence-corrected chi connectivity index (χ0v) is 10.8. The van der Waals surface area contributed by atoms with E-state index in [1.807, 2.05) is 48.5 Å². The van der Waals surface area contributed by atoms with Gasteiger partial charge in [-0.25, -0.2) is 4.79 Å². The summed E-state index contributed by atoms with van der Waals surface area (Å²) in [6.07, 6.45) is 0. The Hall–Kier alpha value is -2.20. The minimum Gasteiger partial charge on any atom is -0.477 e. The number of aromatic carboxylic acids is 1. The molecule has 0 aliphatic rings. The van der Waals surface area contributed by atoms with E-state index in [2.05, 4.69) is 4.98 Å². The fraction of sp³-hybridized carbons (Fsp3) is 0. The number of carbonyl (C=O) groups is 1. The van der Waals surface area contributed by atoms with Crippen LogP contribution < -0.4 is 0 Å². The van der Waals surface area contributed by atoms with Crippen molar-refractivity contribution >= 4 is 28.6 Å². The first kappa shape index (κ1) is 11.9. The number of rotatable bonds is 3. The lowest BCUT2D eigenvalue weighted by atomic mass is 10.2. The van der Waals surface area contributed by atoms with E-state index in [0.717, 1.165) is 20.7 Å². The van der Waals surface area contributed by atoms with E-state index in [-0.39, 0.29) is 5.69 Å². The molecule has 0 saturated carbocycles. The Morgan fingerprint density at radius 1 is 1.05 bits per heavy atom. The van der Waals surface area contributed by atoms with Crippen LogP contribution in [0.15, 0.2) is 64.4 Å². The van der Waals surface area contributed by atoms with Crippen molar-refractivity contribution in [1.82, 2.24) is 4.98 Å². The second-order valence-electron chi connectivity index (χ2n) is 4.12. The second kappa shape index (κ2) is 4.82. The minimum atomic E-state index is -0.938. The van der Waals surface area contributed by atoms with Gasteiger partial charge in [0.1, 0.15) is 5.69 Å². The number of hydrogen-bond donors (Lipinski definition) is 2. The monoisotopic (exact) mass is 269 g/mol. The van der Waals surface area contributed by atoms with Crippen LogP contribution in [0.4, 0.5) is 0 Å². The number of fused-ring (bicyclic) bond motifs is 1. The summed E-state index contributed by atoms with van der Waals surface area (Å²) < 4.78 is 0. The van der Waals surface area contributed by atoms with Crippen LogP contribution in [0.2, 0.25) is 0 Å². The third kappa shape index (κ3) is 2.35. The van der Waals surface area contributed by atoms with Gasteiger partial charge in [-0.15, -0.1) is 0 Å². The molecule has 2 aromatic carbocycles. The van der Waals surface area contributed by atoms with Crippen LogP contribution in [0, 0.1) is 0 Å². The number of carboxylic acid groups (broad SMARTS) is 1. The van der Waals surface area contributed by atoms with E-state index < -0.39 is 5.97 Å². The van der Waals surface area contributed by atoms with Gasteiger partial charge in [0, 0.05) is 20.7 Å². The highest BCUT2D eigenvalue weighted by atomic mass is 32.2. The molecule has 0 aliphatic carbocycles. The summed E-state index contributed by atoms with van der Waals surface area (Å²) in [5, 5.41) is 9.97. The maximum absolute atomic E-state index is 11.0. The first-order chi connectivity index (χ1) is 9.24. The maximum atomic E-state index is 11.0. The quantitative estimate of drug-likeness (QED) is 0.755. The number of carboxylic acids is 1. The topological polar surface area (TPSA) is 53.1 Å². The average Bonchev–Trinajstić information content (AvgIpc) is 2.85. The molecule has 0 saturated heterocycles. The molecule has 0 amide bonds. The summed E-state index contributed by atoms with van der Waals surface area (Å²) in [6, 6.07) is 17.5. The largest absolute Gasteiger partial charge is 0.477 e. The minimum absolute atomic E-state index is 0.219. The van der Waals surface area contributed by atoms with Gasteiger partial charge in [0.25, 0.3) is 0 Å². The van der Waals surface area contributed by atoms with Crippen molar-refractivity contribution in [2.45, 2.75) is 9.79 Å². The third-order valence-corrected chi connectivity index (χ3v) is 3.91. The predicted octanol–water partition coefficient (Wildman–Crippen LogP) is 4.02. The molecule has 0 aliphatic heterocycles. The normalized spacial score (nSPS) is 10.7. The molecule has 3 aromatic rings. The molecular weight excluding hydrogens is 258 g/mol. The number of aromatic nitrogens is 1. The molecule has 19 heavy (non-hydrogen) atoms. The number of nitrogens with one attached hydrogen (secondary N) is 1. The van der Waals surface area contributed by atoms with Crippen LogP contribution in [0.25, 0.3) is 10.9 Å². The Balaban J connectivity index is 2.06. The molecule has 0 unspecified atom stereocenters. The van der Waals surface area contributed by atoms with Crippen LogP contribution in [0.1, 0.15) is 10.5 Å². The van der Waals surface area contributed by atoms with Gasteiger partial charge >= 0.3 is 5.97 Å². The van der Waals surface area contributed by atoms with Gasteiger partial charge in [-0.3, -0.25) is 0 Å². The first-order valence-electron chi connectivity index (χ1n) is 5.82. The molecule has 0 bridgehead atoms. The van der Waals surface area contributed by atoms with Crippen molar-refractivity contribution in [1.29, 1.82) is 0 Å². The zero-order valence-electron chi connectivity index (χ0n) is 9.96. The van der Waals surface area contributed by atoms with E-state index >= 15 is 0 Å². The molecular formula is C15H11NO2S. The zero-order chi connectivity index (χ0) is 13.2. The van der Waals surface area contributed by atoms with Crippen molar-refractivity contribution in [3.05, 3.63) is 60.3 Å². The summed E-state index contributed by atoms with van der Waals surface area (Å²) in [6.45, 7) is 0. The standard InChI is InChI=1S/C15H11NO2S/c17-15(18)13-9-11-12(16-13)7-4-8-14(11)19-10-5-2-1-3-6-10/h1-9,16H,(H,17,18). The van der Waals surface area contributed by atoms with Gasteiger partial charge < -0.3 is 10.1 Å². The van der Waals surface area contributed by atoms with Crippen molar-refractivity contribution in [2.75, 3.05) is 0 Å². The SMILES string of the molecule is O=C(O)c1cc2c(Sc3ccccc3)cccc2[nH]1. The van der Waals surface area contributed by atoms with E-state index in [1.54, 1.807) is 17.8 Å². The van der Waals surface area contributed by atoms with Crippen LogP contribution in [-0.4, -0.2) is 16.1 Å². The van der Waals surface area contributed by atoms with Gasteiger partial charge in [-0.1, -0.05) is 36.0 Å². The predicted molar refractivity (Wildman–Crippen MR) is 75.8 cm³/mol. The fourth-order valence-electron chi connectivity index (χ4n) is 1.95. The summed E-state index contributed by atoms with van der Waals surface area (Å²) in [5.74, 6) is -0.938. The summed E-state index contributed by atoms with van der Waals surface area (Å²) in [4.78, 5) is 16.1. The second-order valence-corrected chi connectivity index (χ2v) is 5.24. The van der Waals surface area contributed by atoms with E-state index in [4.69, 9.17) is 5.11 Å². The fourth-order valence-corrected chi connectivity index (χ4v) is 2.92. The van der Waals surface area contributed by atoms with Gasteiger partial charge in [0.15, 0.2) is 0 Å². The summed E-state index contributed by atoms with van der Waals surface area (Å²) in [5.41, 5.74) is 1.06.